The first-order valence-electron chi connectivity index (χ1n) is 7.74. The molecule has 132 valence electrons. The molecular formula is C17H20BrF2NO3. The molecule has 1 fully saturated rings. The number of nitrogens with zero attached hydrogens (tertiary/aromatic N) is 1. The molecule has 0 spiro atoms. The van der Waals surface area contributed by atoms with Gasteiger partial charge in [0.25, 0.3) is 0 Å². The predicted octanol–water partition coefficient (Wildman–Crippen LogP) is 4.24. The Balaban J connectivity index is 2.13. The number of halogens is 3. The Bertz CT molecular complexity index is 635. The summed E-state index contributed by atoms with van der Waals surface area (Å²) in [7, 11) is 0. The number of carbonyl (C=O) groups is 2. The molecule has 1 atom stereocenters. The lowest BCUT2D eigenvalue weighted by atomic mass is 10.0. The summed E-state index contributed by atoms with van der Waals surface area (Å²) in [5, 5.41) is 0. The fourth-order valence-corrected chi connectivity index (χ4v) is 3.22. The normalized spacial score (nSPS) is 17.9. The van der Waals surface area contributed by atoms with Crippen LogP contribution < -0.4 is 0 Å². The molecule has 2 rings (SSSR count). The van der Waals surface area contributed by atoms with E-state index in [1.807, 2.05) is 0 Å². The van der Waals surface area contributed by atoms with Crippen molar-refractivity contribution in [2.75, 3.05) is 6.54 Å². The fourth-order valence-electron chi connectivity index (χ4n) is 2.67. The van der Waals surface area contributed by atoms with Crippen molar-refractivity contribution >= 4 is 27.8 Å². The van der Waals surface area contributed by atoms with Gasteiger partial charge < -0.3 is 4.74 Å². The van der Waals surface area contributed by atoms with Crippen molar-refractivity contribution in [3.8, 4) is 0 Å². The minimum absolute atomic E-state index is 0.0949. The Kier molecular flexibility index (Phi) is 5.63. The largest absolute Gasteiger partial charge is 0.444 e. The molecule has 1 aromatic carbocycles. The average Bonchev–Trinajstić information content (AvgIpc) is 2.90. The van der Waals surface area contributed by atoms with Crippen LogP contribution in [0.2, 0.25) is 0 Å². The molecule has 0 aromatic heterocycles. The molecule has 0 saturated carbocycles. The molecule has 0 aliphatic carbocycles. The molecule has 1 amide bonds. The predicted molar refractivity (Wildman–Crippen MR) is 88.7 cm³/mol. The molecule has 1 aliphatic heterocycles. The second-order valence-electron chi connectivity index (χ2n) is 6.82. The third-order valence-electron chi connectivity index (χ3n) is 3.71. The lowest BCUT2D eigenvalue weighted by Crippen LogP contribution is -2.43. The number of carbonyl (C=O) groups excluding carboxylic acids is 2. The molecule has 0 radical (unpaired) electrons. The van der Waals surface area contributed by atoms with Crippen LogP contribution >= 0.6 is 15.9 Å². The van der Waals surface area contributed by atoms with Gasteiger partial charge in [-0.2, -0.15) is 0 Å². The molecule has 1 aliphatic rings. The van der Waals surface area contributed by atoms with Gasteiger partial charge in [-0.05, 0) is 39.7 Å². The highest BCUT2D eigenvalue weighted by molar-refractivity contribution is 9.10. The van der Waals surface area contributed by atoms with E-state index in [1.165, 1.54) is 4.90 Å². The Morgan fingerprint density at radius 1 is 1.33 bits per heavy atom. The lowest BCUT2D eigenvalue weighted by molar-refractivity contribution is -0.122. The SMILES string of the molecule is CC(C)(C)OC(=O)N1CCC[C@H]1C(=O)Cc1c(F)cc(F)cc1Br. The maximum absolute atomic E-state index is 13.9. The lowest BCUT2D eigenvalue weighted by Gasteiger charge is -2.28. The third-order valence-corrected chi connectivity index (χ3v) is 4.42. The van der Waals surface area contributed by atoms with E-state index in [4.69, 9.17) is 4.74 Å². The zero-order valence-corrected chi connectivity index (χ0v) is 15.5. The molecule has 1 saturated heterocycles. The number of Topliss-reactive ketones (excluding diaryl/α,β-unsaturated/α-hetero) is 1. The van der Waals surface area contributed by atoms with Gasteiger partial charge >= 0.3 is 6.09 Å². The van der Waals surface area contributed by atoms with Crippen LogP contribution in [0.25, 0.3) is 0 Å². The van der Waals surface area contributed by atoms with E-state index in [2.05, 4.69) is 15.9 Å². The second-order valence-corrected chi connectivity index (χ2v) is 7.68. The number of ether oxygens (including phenoxy) is 1. The van der Waals surface area contributed by atoms with Crippen molar-refractivity contribution in [3.05, 3.63) is 33.8 Å². The number of ketones is 1. The number of rotatable bonds is 3. The van der Waals surface area contributed by atoms with Gasteiger partial charge in [0.15, 0.2) is 5.78 Å². The quantitative estimate of drug-likeness (QED) is 0.757. The highest BCUT2D eigenvalue weighted by Gasteiger charge is 2.36. The summed E-state index contributed by atoms with van der Waals surface area (Å²) >= 11 is 3.08. The van der Waals surface area contributed by atoms with Crippen molar-refractivity contribution in [3.63, 3.8) is 0 Å². The van der Waals surface area contributed by atoms with Gasteiger partial charge in [0.05, 0.1) is 6.04 Å². The van der Waals surface area contributed by atoms with Crippen molar-refractivity contribution in [1.82, 2.24) is 4.90 Å². The summed E-state index contributed by atoms with van der Waals surface area (Å²) in [6, 6.07) is 1.22. The zero-order chi connectivity index (χ0) is 18.1. The zero-order valence-electron chi connectivity index (χ0n) is 13.9. The molecule has 0 unspecified atom stereocenters. The van der Waals surface area contributed by atoms with Crippen LogP contribution in [-0.4, -0.2) is 35.0 Å². The number of benzene rings is 1. The minimum atomic E-state index is -0.781. The van der Waals surface area contributed by atoms with Crippen molar-refractivity contribution in [2.45, 2.75) is 51.7 Å². The van der Waals surface area contributed by atoms with Crippen LogP contribution in [0.4, 0.5) is 13.6 Å². The van der Waals surface area contributed by atoms with Crippen LogP contribution in [0, 0.1) is 11.6 Å². The van der Waals surface area contributed by atoms with E-state index < -0.39 is 29.4 Å². The van der Waals surface area contributed by atoms with Gasteiger partial charge in [-0.25, -0.2) is 13.6 Å². The monoisotopic (exact) mass is 403 g/mol. The summed E-state index contributed by atoms with van der Waals surface area (Å²) in [5.74, 6) is -1.78. The first kappa shape index (κ1) is 18.8. The van der Waals surface area contributed by atoms with E-state index in [0.29, 0.717) is 19.4 Å². The maximum atomic E-state index is 13.9. The standard InChI is InChI=1S/C17H20BrF2NO3/c1-17(2,3)24-16(23)21-6-4-5-14(21)15(22)9-11-12(18)7-10(19)8-13(11)20/h7-8,14H,4-6,9H2,1-3H3/t14-/m0/s1. The molecule has 4 nitrogen and oxygen atoms in total. The van der Waals surface area contributed by atoms with Crippen LogP contribution in [0.3, 0.4) is 0 Å². The van der Waals surface area contributed by atoms with E-state index in [0.717, 1.165) is 12.1 Å². The molecule has 1 heterocycles. The molecule has 7 heteroatoms. The smallest absolute Gasteiger partial charge is 0.410 e. The van der Waals surface area contributed by atoms with Gasteiger partial charge in [0.1, 0.15) is 17.2 Å². The Hall–Kier alpha value is -1.50. The first-order valence-corrected chi connectivity index (χ1v) is 8.53. The van der Waals surface area contributed by atoms with Gasteiger partial charge in [0, 0.05) is 29.1 Å². The molecule has 24 heavy (non-hydrogen) atoms. The summed E-state index contributed by atoms with van der Waals surface area (Å²) < 4.78 is 32.6. The third kappa shape index (κ3) is 4.53. The van der Waals surface area contributed by atoms with Gasteiger partial charge in [0.2, 0.25) is 0 Å². The highest BCUT2D eigenvalue weighted by atomic mass is 79.9. The van der Waals surface area contributed by atoms with E-state index in [9.17, 15) is 18.4 Å². The van der Waals surface area contributed by atoms with Gasteiger partial charge in [-0.15, -0.1) is 0 Å². The summed E-state index contributed by atoms with van der Waals surface area (Å²) in [4.78, 5) is 26.2. The Morgan fingerprint density at radius 3 is 2.58 bits per heavy atom. The van der Waals surface area contributed by atoms with E-state index >= 15 is 0 Å². The highest BCUT2D eigenvalue weighted by Crippen LogP contribution is 2.26. The Morgan fingerprint density at radius 2 is 2.00 bits per heavy atom. The Labute approximate surface area is 148 Å². The number of amides is 1. The van der Waals surface area contributed by atoms with Crippen molar-refractivity contribution in [1.29, 1.82) is 0 Å². The maximum Gasteiger partial charge on any atom is 0.410 e. The summed E-state index contributed by atoms with van der Waals surface area (Å²) in [6.45, 7) is 5.69. The van der Waals surface area contributed by atoms with Crippen molar-refractivity contribution < 1.29 is 23.1 Å². The number of likely N-dealkylation sites (tertiary alicyclic amines) is 1. The molecular weight excluding hydrogens is 384 g/mol. The van der Waals surface area contributed by atoms with Crippen molar-refractivity contribution in [2.24, 2.45) is 0 Å². The molecule has 1 aromatic rings. The topological polar surface area (TPSA) is 46.6 Å². The van der Waals surface area contributed by atoms with Crippen LogP contribution in [0.5, 0.6) is 0 Å². The average molecular weight is 404 g/mol. The fraction of sp³-hybridized carbons (Fsp3) is 0.529. The van der Waals surface area contributed by atoms with Crippen LogP contribution in [0.15, 0.2) is 16.6 Å². The van der Waals surface area contributed by atoms with Crippen LogP contribution in [0.1, 0.15) is 39.2 Å². The van der Waals surface area contributed by atoms with E-state index in [1.54, 1.807) is 20.8 Å². The summed E-state index contributed by atoms with van der Waals surface area (Å²) in [5.41, 5.74) is -0.559. The van der Waals surface area contributed by atoms with E-state index in [-0.39, 0.29) is 22.2 Å². The molecule has 0 bridgehead atoms. The minimum Gasteiger partial charge on any atom is -0.444 e. The number of hydrogen-bond donors (Lipinski definition) is 0. The van der Waals surface area contributed by atoms with Crippen LogP contribution in [-0.2, 0) is 16.0 Å². The number of hydrogen-bond acceptors (Lipinski definition) is 3. The van der Waals surface area contributed by atoms with Gasteiger partial charge in [-0.3, -0.25) is 9.69 Å². The molecule has 0 N–H and O–H groups in total. The van der Waals surface area contributed by atoms with Gasteiger partial charge in [-0.1, -0.05) is 15.9 Å². The second kappa shape index (κ2) is 7.17. The first-order chi connectivity index (χ1) is 11.1. The summed E-state index contributed by atoms with van der Waals surface area (Å²) in [6.07, 6.45) is 0.440.